The van der Waals surface area contributed by atoms with E-state index in [1.165, 1.54) is 16.8 Å². The number of rotatable bonds is 4. The van der Waals surface area contributed by atoms with Crippen LogP contribution in [-0.2, 0) is 4.74 Å². The largest absolute Gasteiger partial charge is 0.394 e. The maximum atomic E-state index is 11.6. The molecule has 1 aromatic rings. The van der Waals surface area contributed by atoms with E-state index in [9.17, 15) is 14.7 Å². The first-order valence-electron chi connectivity index (χ1n) is 5.43. The molecule has 0 bridgehead atoms. The van der Waals surface area contributed by atoms with Gasteiger partial charge in [-0.3, -0.25) is 14.3 Å². The van der Waals surface area contributed by atoms with E-state index in [0.29, 0.717) is 6.42 Å². The number of nitrogens with one attached hydrogen (secondary N) is 1. The summed E-state index contributed by atoms with van der Waals surface area (Å²) in [6, 6.07) is 1.29. The van der Waals surface area contributed by atoms with Gasteiger partial charge in [-0.25, -0.2) is 4.79 Å². The van der Waals surface area contributed by atoms with Crippen LogP contribution in [0.5, 0.6) is 0 Å². The molecule has 6 nitrogen and oxygen atoms in total. The van der Waals surface area contributed by atoms with Gasteiger partial charge in [0, 0.05) is 23.9 Å². The highest BCUT2D eigenvalue weighted by Crippen LogP contribution is 2.39. The minimum atomic E-state index is -0.487. The third-order valence-corrected chi connectivity index (χ3v) is 5.00. The maximum absolute atomic E-state index is 11.6. The van der Waals surface area contributed by atoms with Crippen molar-refractivity contribution in [3.8, 4) is 0 Å². The molecule has 8 heteroatoms. The van der Waals surface area contributed by atoms with Crippen molar-refractivity contribution in [2.75, 3.05) is 12.9 Å². The van der Waals surface area contributed by atoms with Crippen molar-refractivity contribution in [2.45, 2.75) is 24.0 Å². The van der Waals surface area contributed by atoms with Gasteiger partial charge in [0.2, 0.25) is 0 Å². The molecule has 0 saturated carbocycles. The quantitative estimate of drug-likeness (QED) is 0.771. The Kier molecular flexibility index (Phi) is 4.55. The summed E-state index contributed by atoms with van der Waals surface area (Å²) in [7, 11) is 3.23. The second-order valence-electron chi connectivity index (χ2n) is 3.87. The normalized spacial score (nSPS) is 27.6. The molecule has 0 unspecified atom stereocenters. The lowest BCUT2D eigenvalue weighted by Gasteiger charge is -2.14. The summed E-state index contributed by atoms with van der Waals surface area (Å²) in [6.45, 7) is -0.0766. The Morgan fingerprint density at radius 3 is 3.00 bits per heavy atom. The summed E-state index contributed by atoms with van der Waals surface area (Å²) < 4.78 is 6.99. The molecule has 1 fully saturated rings. The van der Waals surface area contributed by atoms with Gasteiger partial charge in [0.1, 0.15) is 6.23 Å². The van der Waals surface area contributed by atoms with Crippen LogP contribution in [0.2, 0.25) is 0 Å². The van der Waals surface area contributed by atoms with E-state index in [2.05, 4.69) is 4.98 Å². The zero-order chi connectivity index (χ0) is 13.1. The van der Waals surface area contributed by atoms with Gasteiger partial charge in [0.25, 0.3) is 5.56 Å². The van der Waals surface area contributed by atoms with Gasteiger partial charge in [-0.15, -0.1) is 0 Å². The van der Waals surface area contributed by atoms with Crippen molar-refractivity contribution in [1.29, 1.82) is 0 Å². The molecule has 0 aliphatic carbocycles. The van der Waals surface area contributed by atoms with Crippen LogP contribution in [-0.4, -0.2) is 38.9 Å². The Balaban J connectivity index is 2.20. The molecule has 1 aliphatic heterocycles. The predicted molar refractivity (Wildman–Crippen MR) is 71.8 cm³/mol. The smallest absolute Gasteiger partial charge is 0.330 e. The molecule has 2 rings (SSSR count). The van der Waals surface area contributed by atoms with E-state index in [4.69, 9.17) is 4.74 Å². The van der Waals surface area contributed by atoms with Crippen LogP contribution in [0.25, 0.3) is 0 Å². The number of aliphatic hydroxyl groups is 1. The van der Waals surface area contributed by atoms with Crippen molar-refractivity contribution in [1.82, 2.24) is 9.55 Å². The van der Waals surface area contributed by atoms with Crippen LogP contribution in [0, 0.1) is 0 Å². The van der Waals surface area contributed by atoms with Crippen LogP contribution in [0.15, 0.2) is 21.9 Å². The third kappa shape index (κ3) is 2.82. The van der Waals surface area contributed by atoms with E-state index < -0.39 is 17.5 Å². The van der Waals surface area contributed by atoms with Gasteiger partial charge in [0.15, 0.2) is 0 Å². The minimum Gasteiger partial charge on any atom is -0.394 e. The fourth-order valence-corrected chi connectivity index (χ4v) is 4.03. The van der Waals surface area contributed by atoms with Crippen LogP contribution in [0.3, 0.4) is 0 Å². The fourth-order valence-electron chi connectivity index (χ4n) is 1.91. The summed E-state index contributed by atoms with van der Waals surface area (Å²) in [5.74, 6) is 0. The minimum absolute atomic E-state index is 0.0766. The lowest BCUT2D eigenvalue weighted by molar-refractivity contribution is -0.0237. The van der Waals surface area contributed by atoms with Crippen molar-refractivity contribution in [3.05, 3.63) is 33.1 Å². The number of aromatic nitrogens is 2. The molecule has 1 saturated heterocycles. The highest BCUT2D eigenvalue weighted by Gasteiger charge is 2.36. The van der Waals surface area contributed by atoms with E-state index in [-0.39, 0.29) is 18.0 Å². The molecule has 100 valence electrons. The Labute approximate surface area is 111 Å². The van der Waals surface area contributed by atoms with Crippen molar-refractivity contribution in [2.24, 2.45) is 0 Å². The molecule has 1 aliphatic rings. The summed E-state index contributed by atoms with van der Waals surface area (Å²) in [5, 5.41) is 9.38. The van der Waals surface area contributed by atoms with Crippen molar-refractivity contribution < 1.29 is 9.84 Å². The summed E-state index contributed by atoms with van der Waals surface area (Å²) in [5.41, 5.74) is -0.915. The molecule has 0 spiro atoms. The van der Waals surface area contributed by atoms with E-state index in [0.717, 1.165) is 0 Å². The van der Waals surface area contributed by atoms with E-state index in [1.807, 2.05) is 6.26 Å². The predicted octanol–water partition coefficient (Wildman–Crippen LogP) is 0.196. The zero-order valence-corrected chi connectivity index (χ0v) is 11.4. The molecule has 2 heterocycles. The number of ether oxygens (including phenoxy) is 1. The Morgan fingerprint density at radius 2 is 2.39 bits per heavy atom. The van der Waals surface area contributed by atoms with Gasteiger partial charge in [-0.2, -0.15) is 0 Å². The van der Waals surface area contributed by atoms with E-state index >= 15 is 0 Å². The maximum Gasteiger partial charge on any atom is 0.330 e. The second kappa shape index (κ2) is 5.96. The average Bonchev–Trinajstić information content (AvgIpc) is 2.72. The molecule has 3 atom stereocenters. The Bertz CT molecular complexity index is 515. The van der Waals surface area contributed by atoms with Gasteiger partial charge >= 0.3 is 5.69 Å². The number of aliphatic hydroxyl groups excluding tert-OH is 1. The second-order valence-corrected chi connectivity index (χ2v) is 6.57. The van der Waals surface area contributed by atoms with Gasteiger partial charge < -0.3 is 9.84 Å². The standard InChI is InChI=1S/C10H14N2O4S2/c1-17-18-7-4-9(16-6(7)5-13)12-3-2-8(14)11-10(12)15/h2-3,6-7,9,13H,4-5H2,1H3,(H,11,14,15)/t6-,7+,9-/m1/s1. The lowest BCUT2D eigenvalue weighted by Crippen LogP contribution is -2.31. The van der Waals surface area contributed by atoms with Gasteiger partial charge in [-0.1, -0.05) is 21.6 Å². The molecule has 18 heavy (non-hydrogen) atoms. The fraction of sp³-hybridized carbons (Fsp3) is 0.600. The molecule has 0 amide bonds. The Morgan fingerprint density at radius 1 is 1.61 bits per heavy atom. The monoisotopic (exact) mass is 290 g/mol. The zero-order valence-electron chi connectivity index (χ0n) is 9.74. The number of aromatic amines is 1. The number of nitrogens with zero attached hydrogens (tertiary/aromatic N) is 1. The van der Waals surface area contributed by atoms with Crippen LogP contribution in [0.4, 0.5) is 0 Å². The Hall–Kier alpha value is -0.700. The molecular weight excluding hydrogens is 276 g/mol. The highest BCUT2D eigenvalue weighted by molar-refractivity contribution is 8.76. The molecular formula is C10H14N2O4S2. The van der Waals surface area contributed by atoms with Gasteiger partial charge in [-0.05, 0) is 6.26 Å². The first kappa shape index (κ1) is 13.7. The number of hydrogen-bond acceptors (Lipinski definition) is 6. The van der Waals surface area contributed by atoms with E-state index in [1.54, 1.807) is 21.6 Å². The molecule has 1 aromatic heterocycles. The lowest BCUT2D eigenvalue weighted by atomic mass is 10.2. The van der Waals surface area contributed by atoms with Crippen LogP contribution < -0.4 is 11.2 Å². The van der Waals surface area contributed by atoms with Crippen molar-refractivity contribution in [3.63, 3.8) is 0 Å². The van der Waals surface area contributed by atoms with Crippen molar-refractivity contribution >= 4 is 21.6 Å². The SMILES string of the molecule is CSS[C@H]1C[C@H](n2ccc(=O)[nH]c2=O)O[C@@H]1CO. The molecule has 0 aromatic carbocycles. The summed E-state index contributed by atoms with van der Waals surface area (Å²) >= 11 is 0. The van der Waals surface area contributed by atoms with Crippen LogP contribution in [0.1, 0.15) is 12.6 Å². The number of hydrogen-bond donors (Lipinski definition) is 2. The third-order valence-electron chi connectivity index (χ3n) is 2.74. The first-order chi connectivity index (χ1) is 8.65. The highest BCUT2D eigenvalue weighted by atomic mass is 33.1. The topological polar surface area (TPSA) is 84.3 Å². The van der Waals surface area contributed by atoms with Gasteiger partial charge in [0.05, 0.1) is 12.7 Å². The summed E-state index contributed by atoms with van der Waals surface area (Å²) in [6.07, 6.45) is 3.29. The summed E-state index contributed by atoms with van der Waals surface area (Å²) in [4.78, 5) is 24.8. The molecule has 2 N–H and O–H groups in total. The number of H-pyrrole nitrogens is 1. The molecule has 0 radical (unpaired) electrons. The first-order valence-corrected chi connectivity index (χ1v) is 8.05. The average molecular weight is 290 g/mol. The van der Waals surface area contributed by atoms with Crippen LogP contribution >= 0.6 is 21.6 Å².